The highest BCUT2D eigenvalue weighted by atomic mass is 16.1. The molecule has 0 aliphatic heterocycles. The monoisotopic (exact) mass is 402 g/mol. The molecular formula is C24H26N4O2. The van der Waals surface area contributed by atoms with Gasteiger partial charge in [0, 0.05) is 17.8 Å². The van der Waals surface area contributed by atoms with Gasteiger partial charge in [0.25, 0.3) is 11.5 Å². The van der Waals surface area contributed by atoms with Crippen molar-refractivity contribution in [2.24, 2.45) is 5.92 Å². The first-order valence-corrected chi connectivity index (χ1v) is 10.5. The molecule has 6 nitrogen and oxygen atoms in total. The standard InChI is InChI=1S/C24H26N4O2/c1-15(2)22(20-14-21(29)27-23(26-20)19-9-5-6-12-25-19)28-24(30)18-11-10-16-7-3-4-8-17(16)13-18/h5-6,9-15,22H,3-4,7-8H2,1-2H3,(H,28,30)(H,26,27,29). The predicted octanol–water partition coefficient (Wildman–Crippen LogP) is 3.84. The highest BCUT2D eigenvalue weighted by Crippen LogP contribution is 2.24. The van der Waals surface area contributed by atoms with Gasteiger partial charge < -0.3 is 10.3 Å². The second-order valence-electron chi connectivity index (χ2n) is 8.12. The fourth-order valence-corrected chi connectivity index (χ4v) is 3.94. The zero-order valence-corrected chi connectivity index (χ0v) is 17.3. The Morgan fingerprint density at radius 2 is 1.87 bits per heavy atom. The third kappa shape index (κ3) is 4.32. The van der Waals surface area contributed by atoms with E-state index >= 15 is 0 Å². The first-order valence-electron chi connectivity index (χ1n) is 10.5. The van der Waals surface area contributed by atoms with Gasteiger partial charge in [-0.25, -0.2) is 4.98 Å². The Labute approximate surface area is 175 Å². The summed E-state index contributed by atoms with van der Waals surface area (Å²) in [6.07, 6.45) is 6.13. The van der Waals surface area contributed by atoms with E-state index in [9.17, 15) is 9.59 Å². The Morgan fingerprint density at radius 3 is 2.60 bits per heavy atom. The van der Waals surface area contributed by atoms with Crippen LogP contribution in [-0.4, -0.2) is 20.9 Å². The number of benzene rings is 1. The molecule has 0 saturated carbocycles. The number of fused-ring (bicyclic) bond motifs is 1. The van der Waals surface area contributed by atoms with Crippen LogP contribution in [0, 0.1) is 5.92 Å². The Kier molecular flexibility index (Phi) is 5.74. The number of nitrogens with one attached hydrogen (secondary N) is 2. The van der Waals surface area contributed by atoms with Gasteiger partial charge in [0.05, 0.1) is 11.7 Å². The van der Waals surface area contributed by atoms with Crippen LogP contribution in [0.2, 0.25) is 0 Å². The maximum absolute atomic E-state index is 13.0. The molecule has 0 fully saturated rings. The second kappa shape index (κ2) is 8.61. The largest absolute Gasteiger partial charge is 0.343 e. The van der Waals surface area contributed by atoms with Crippen LogP contribution in [0.4, 0.5) is 0 Å². The summed E-state index contributed by atoms with van der Waals surface area (Å²) < 4.78 is 0. The van der Waals surface area contributed by atoms with E-state index in [-0.39, 0.29) is 17.4 Å². The van der Waals surface area contributed by atoms with Crippen LogP contribution in [0.15, 0.2) is 53.5 Å². The number of carbonyl (C=O) groups excluding carboxylic acids is 1. The molecule has 1 aliphatic rings. The van der Waals surface area contributed by atoms with Gasteiger partial charge in [0.15, 0.2) is 5.82 Å². The lowest BCUT2D eigenvalue weighted by Gasteiger charge is -2.23. The molecule has 2 aromatic heterocycles. The third-order valence-corrected chi connectivity index (χ3v) is 5.55. The van der Waals surface area contributed by atoms with Crippen LogP contribution in [0.5, 0.6) is 0 Å². The molecule has 1 aromatic carbocycles. The third-order valence-electron chi connectivity index (χ3n) is 5.55. The van der Waals surface area contributed by atoms with E-state index in [0.717, 1.165) is 12.8 Å². The highest BCUT2D eigenvalue weighted by Gasteiger charge is 2.23. The van der Waals surface area contributed by atoms with E-state index in [2.05, 4.69) is 26.3 Å². The number of hydrogen-bond acceptors (Lipinski definition) is 4. The van der Waals surface area contributed by atoms with Gasteiger partial charge in [-0.15, -0.1) is 0 Å². The zero-order valence-electron chi connectivity index (χ0n) is 17.3. The molecule has 2 N–H and O–H groups in total. The summed E-state index contributed by atoms with van der Waals surface area (Å²) in [7, 11) is 0. The van der Waals surface area contributed by atoms with Crippen LogP contribution in [-0.2, 0) is 12.8 Å². The molecule has 3 aromatic rings. The molecule has 0 radical (unpaired) electrons. The van der Waals surface area contributed by atoms with Crippen LogP contribution in [0.3, 0.4) is 0 Å². The fraction of sp³-hybridized carbons (Fsp3) is 0.333. The van der Waals surface area contributed by atoms with Crippen molar-refractivity contribution < 1.29 is 4.79 Å². The van der Waals surface area contributed by atoms with Gasteiger partial charge in [-0.2, -0.15) is 0 Å². The van der Waals surface area contributed by atoms with E-state index in [0.29, 0.717) is 22.8 Å². The Bertz CT molecular complexity index is 1110. The lowest BCUT2D eigenvalue weighted by molar-refractivity contribution is 0.0924. The van der Waals surface area contributed by atoms with Crippen molar-refractivity contribution in [3.8, 4) is 11.5 Å². The molecule has 0 bridgehead atoms. The van der Waals surface area contributed by atoms with Crippen molar-refractivity contribution >= 4 is 5.91 Å². The number of rotatable bonds is 5. The molecular weight excluding hydrogens is 376 g/mol. The number of aromatic nitrogens is 3. The molecule has 1 amide bonds. The minimum Gasteiger partial charge on any atom is -0.343 e. The van der Waals surface area contributed by atoms with Gasteiger partial charge in [0.1, 0.15) is 5.69 Å². The van der Waals surface area contributed by atoms with E-state index in [1.165, 1.54) is 30.0 Å². The molecule has 154 valence electrons. The Balaban J connectivity index is 1.62. The van der Waals surface area contributed by atoms with E-state index in [1.54, 1.807) is 18.3 Å². The van der Waals surface area contributed by atoms with E-state index < -0.39 is 6.04 Å². The molecule has 0 saturated heterocycles. The zero-order chi connectivity index (χ0) is 21.1. The van der Waals surface area contributed by atoms with Gasteiger partial charge in [-0.3, -0.25) is 14.6 Å². The SMILES string of the molecule is CC(C)C(NC(=O)c1ccc2c(c1)CCCC2)c1cc(=O)[nH]c(-c2ccccn2)n1. The number of aromatic amines is 1. The van der Waals surface area contributed by atoms with Crippen molar-refractivity contribution in [3.63, 3.8) is 0 Å². The van der Waals surface area contributed by atoms with Crippen molar-refractivity contribution in [1.82, 2.24) is 20.3 Å². The maximum Gasteiger partial charge on any atom is 0.251 e. The van der Waals surface area contributed by atoms with Crippen LogP contribution in [0.25, 0.3) is 11.5 Å². The van der Waals surface area contributed by atoms with Gasteiger partial charge >= 0.3 is 0 Å². The highest BCUT2D eigenvalue weighted by molar-refractivity contribution is 5.94. The number of aryl methyl sites for hydroxylation is 2. The van der Waals surface area contributed by atoms with Gasteiger partial charge in [-0.1, -0.05) is 26.0 Å². The summed E-state index contributed by atoms with van der Waals surface area (Å²) >= 11 is 0. The summed E-state index contributed by atoms with van der Waals surface area (Å²) in [4.78, 5) is 36.9. The minimum atomic E-state index is -0.390. The maximum atomic E-state index is 13.0. The average Bonchev–Trinajstić information content (AvgIpc) is 2.77. The van der Waals surface area contributed by atoms with Crippen molar-refractivity contribution in [1.29, 1.82) is 0 Å². The van der Waals surface area contributed by atoms with Crippen LogP contribution < -0.4 is 10.9 Å². The fourth-order valence-electron chi connectivity index (χ4n) is 3.94. The first-order chi connectivity index (χ1) is 14.5. The summed E-state index contributed by atoms with van der Waals surface area (Å²) in [5.41, 5.74) is 4.10. The number of hydrogen-bond donors (Lipinski definition) is 2. The van der Waals surface area contributed by atoms with E-state index in [4.69, 9.17) is 0 Å². The lowest BCUT2D eigenvalue weighted by atomic mass is 9.90. The number of pyridine rings is 1. The normalized spacial score (nSPS) is 14.2. The number of carbonyl (C=O) groups is 1. The Morgan fingerprint density at radius 1 is 1.07 bits per heavy atom. The molecule has 6 heteroatoms. The molecule has 2 heterocycles. The van der Waals surface area contributed by atoms with Gasteiger partial charge in [-0.05, 0) is 67.0 Å². The average molecular weight is 402 g/mol. The van der Waals surface area contributed by atoms with Gasteiger partial charge in [0.2, 0.25) is 0 Å². The number of amides is 1. The van der Waals surface area contributed by atoms with Crippen molar-refractivity contribution in [2.75, 3.05) is 0 Å². The van der Waals surface area contributed by atoms with Crippen molar-refractivity contribution in [3.05, 3.63) is 81.4 Å². The molecule has 1 unspecified atom stereocenters. The van der Waals surface area contributed by atoms with Crippen LogP contribution in [0.1, 0.15) is 59.9 Å². The molecule has 0 spiro atoms. The quantitative estimate of drug-likeness (QED) is 0.679. The molecule has 30 heavy (non-hydrogen) atoms. The molecule has 1 aliphatic carbocycles. The first kappa shape index (κ1) is 20.0. The topological polar surface area (TPSA) is 87.7 Å². The van der Waals surface area contributed by atoms with E-state index in [1.807, 2.05) is 32.0 Å². The predicted molar refractivity (Wildman–Crippen MR) is 116 cm³/mol. The minimum absolute atomic E-state index is 0.0532. The van der Waals surface area contributed by atoms with Crippen LogP contribution >= 0.6 is 0 Å². The number of nitrogens with zero attached hydrogens (tertiary/aromatic N) is 2. The second-order valence-corrected chi connectivity index (χ2v) is 8.12. The smallest absolute Gasteiger partial charge is 0.251 e. The Hall–Kier alpha value is -3.28. The summed E-state index contributed by atoms with van der Waals surface area (Å²) in [5, 5.41) is 3.09. The molecule has 1 atom stereocenters. The summed E-state index contributed by atoms with van der Waals surface area (Å²) in [5.74, 6) is 0.299. The van der Waals surface area contributed by atoms with Crippen molar-refractivity contribution in [2.45, 2.75) is 45.6 Å². The number of H-pyrrole nitrogens is 1. The summed E-state index contributed by atoms with van der Waals surface area (Å²) in [6, 6.07) is 12.5. The molecule has 4 rings (SSSR count). The lowest BCUT2D eigenvalue weighted by Crippen LogP contribution is -2.33. The summed E-state index contributed by atoms with van der Waals surface area (Å²) in [6.45, 7) is 4.00.